The molecular weight excluding hydrogens is 312 g/mol. The number of ether oxygens (including phenoxy) is 1. The van der Waals surface area contributed by atoms with E-state index in [1.54, 1.807) is 6.08 Å². The summed E-state index contributed by atoms with van der Waals surface area (Å²) in [5.74, 6) is 0.892. The van der Waals surface area contributed by atoms with Crippen molar-refractivity contribution in [2.24, 2.45) is 10.8 Å². The quantitative estimate of drug-likeness (QED) is 0.806. The number of aliphatic hydroxyl groups excluding tert-OH is 1. The Bertz CT molecular complexity index is 602. The number of benzene rings is 1. The third-order valence-corrected chi connectivity index (χ3v) is 6.88. The van der Waals surface area contributed by atoms with E-state index in [0.29, 0.717) is 12.8 Å². The molecule has 0 radical (unpaired) electrons. The molecule has 4 nitrogen and oxygen atoms in total. The van der Waals surface area contributed by atoms with Gasteiger partial charge in [0.05, 0.1) is 12.3 Å². The maximum absolute atomic E-state index is 11.1. The van der Waals surface area contributed by atoms with Crippen LogP contribution in [0, 0.1) is 10.8 Å². The first-order valence-electron chi connectivity index (χ1n) is 9.57. The van der Waals surface area contributed by atoms with Gasteiger partial charge in [0.2, 0.25) is 0 Å². The molecule has 136 valence electrons. The second-order valence-corrected chi connectivity index (χ2v) is 8.19. The average molecular weight is 342 g/mol. The highest BCUT2D eigenvalue weighted by Crippen LogP contribution is 2.56. The van der Waals surface area contributed by atoms with Crippen molar-refractivity contribution in [3.8, 4) is 5.75 Å². The molecular formula is C21H30N2O2. The van der Waals surface area contributed by atoms with Crippen LogP contribution in [0.4, 0.5) is 0 Å². The van der Waals surface area contributed by atoms with Gasteiger partial charge in [0.1, 0.15) is 12.4 Å². The van der Waals surface area contributed by atoms with Crippen LogP contribution >= 0.6 is 0 Å². The van der Waals surface area contributed by atoms with Crippen LogP contribution in [0.25, 0.3) is 0 Å². The summed E-state index contributed by atoms with van der Waals surface area (Å²) in [6.07, 6.45) is 4.02. The van der Waals surface area contributed by atoms with Gasteiger partial charge in [0.15, 0.2) is 0 Å². The highest BCUT2D eigenvalue weighted by atomic mass is 16.5. The van der Waals surface area contributed by atoms with Gasteiger partial charge in [-0.15, -0.1) is 0 Å². The molecule has 1 aromatic carbocycles. The van der Waals surface area contributed by atoms with Crippen molar-refractivity contribution in [3.63, 3.8) is 0 Å². The Morgan fingerprint density at radius 1 is 1.08 bits per heavy atom. The number of nitrogens with zero attached hydrogens (tertiary/aromatic N) is 2. The Morgan fingerprint density at radius 3 is 2.04 bits per heavy atom. The van der Waals surface area contributed by atoms with Crippen molar-refractivity contribution in [2.75, 3.05) is 32.8 Å². The van der Waals surface area contributed by atoms with E-state index in [0.717, 1.165) is 44.8 Å². The van der Waals surface area contributed by atoms with E-state index < -0.39 is 0 Å². The lowest BCUT2D eigenvalue weighted by Gasteiger charge is -2.69. The van der Waals surface area contributed by atoms with Gasteiger partial charge in [-0.25, -0.2) is 0 Å². The smallest absolute Gasteiger partial charge is 0.119 e. The number of aliphatic hydroxyl groups is 1. The van der Waals surface area contributed by atoms with Gasteiger partial charge in [-0.05, 0) is 30.5 Å². The van der Waals surface area contributed by atoms with Gasteiger partial charge in [-0.2, -0.15) is 0 Å². The molecule has 0 aromatic heterocycles. The molecule has 4 aliphatic rings. The van der Waals surface area contributed by atoms with E-state index >= 15 is 0 Å². The highest BCUT2D eigenvalue weighted by Gasteiger charge is 2.63. The lowest BCUT2D eigenvalue weighted by molar-refractivity contribution is -0.266. The van der Waals surface area contributed by atoms with E-state index in [2.05, 4.69) is 54.5 Å². The number of rotatable bonds is 6. The summed E-state index contributed by atoms with van der Waals surface area (Å²) in [7, 11) is 0. The van der Waals surface area contributed by atoms with Gasteiger partial charge in [0.25, 0.3) is 0 Å². The zero-order chi connectivity index (χ0) is 17.7. The molecule has 4 bridgehead atoms. The summed E-state index contributed by atoms with van der Waals surface area (Å²) in [4.78, 5) is 5.21. The van der Waals surface area contributed by atoms with Crippen LogP contribution in [0.3, 0.4) is 0 Å². The van der Waals surface area contributed by atoms with Crippen molar-refractivity contribution in [1.82, 2.24) is 9.80 Å². The summed E-state index contributed by atoms with van der Waals surface area (Å²) in [5, 5.41) is 11.1. The molecule has 1 aromatic rings. The molecule has 0 amide bonds. The molecule has 1 N–H and O–H groups in total. The lowest BCUT2D eigenvalue weighted by atomic mass is 9.57. The predicted molar refractivity (Wildman–Crippen MR) is 99.5 cm³/mol. The van der Waals surface area contributed by atoms with E-state index in [1.807, 2.05) is 0 Å². The van der Waals surface area contributed by atoms with Crippen LogP contribution in [-0.4, -0.2) is 53.8 Å². The van der Waals surface area contributed by atoms with Gasteiger partial charge in [-0.1, -0.05) is 38.6 Å². The minimum atomic E-state index is -0.168. The fraction of sp³-hybridized carbons (Fsp3) is 0.619. The molecule has 0 atom stereocenters. The third-order valence-electron chi connectivity index (χ3n) is 6.88. The Morgan fingerprint density at radius 2 is 1.60 bits per heavy atom. The molecule has 4 fully saturated rings. The van der Waals surface area contributed by atoms with Crippen LogP contribution in [0.15, 0.2) is 36.9 Å². The van der Waals surface area contributed by atoms with Gasteiger partial charge >= 0.3 is 0 Å². The van der Waals surface area contributed by atoms with Gasteiger partial charge < -0.3 is 9.84 Å². The zero-order valence-electron chi connectivity index (χ0n) is 15.4. The Hall–Kier alpha value is -1.36. The Balaban J connectivity index is 1.61. The van der Waals surface area contributed by atoms with Crippen LogP contribution in [0.1, 0.15) is 38.4 Å². The third kappa shape index (κ3) is 2.46. The Kier molecular flexibility index (Phi) is 4.18. The second-order valence-electron chi connectivity index (χ2n) is 8.19. The topological polar surface area (TPSA) is 35.9 Å². The SMILES string of the molecule is C=CCOc1ccc(C2N3CC4(CC)CN2CC(CC)(C3)C4O)cc1. The van der Waals surface area contributed by atoms with Crippen molar-refractivity contribution < 1.29 is 9.84 Å². The van der Waals surface area contributed by atoms with Crippen molar-refractivity contribution in [3.05, 3.63) is 42.5 Å². The van der Waals surface area contributed by atoms with Crippen LogP contribution in [0.5, 0.6) is 5.75 Å². The highest BCUT2D eigenvalue weighted by molar-refractivity contribution is 5.31. The lowest BCUT2D eigenvalue weighted by Crippen LogP contribution is -2.78. The van der Waals surface area contributed by atoms with E-state index in [1.165, 1.54) is 5.56 Å². The Labute approximate surface area is 151 Å². The van der Waals surface area contributed by atoms with Crippen molar-refractivity contribution in [1.29, 1.82) is 0 Å². The molecule has 5 rings (SSSR count). The predicted octanol–water partition coefficient (Wildman–Crippen LogP) is 3.05. The van der Waals surface area contributed by atoms with Crippen LogP contribution < -0.4 is 4.74 Å². The van der Waals surface area contributed by atoms with Gasteiger partial charge in [0, 0.05) is 37.0 Å². The maximum atomic E-state index is 11.1. The standard InChI is InChI=1S/C21H30N2O2/c1-4-11-25-17-9-7-16(8-10-17)18-22-12-20(5-2)13-23(18)15-21(6-3,14-22)19(20)24/h4,7-10,18-19,24H,1,5-6,11-15H2,2-3H3. The molecule has 0 aliphatic carbocycles. The molecule has 4 aliphatic heterocycles. The molecule has 0 unspecified atom stereocenters. The molecule has 0 saturated carbocycles. The normalized spacial score (nSPS) is 41.7. The monoisotopic (exact) mass is 342 g/mol. The summed E-state index contributed by atoms with van der Waals surface area (Å²) in [6, 6.07) is 8.51. The minimum absolute atomic E-state index is 0.0377. The summed E-state index contributed by atoms with van der Waals surface area (Å²) in [6.45, 7) is 12.7. The molecule has 0 spiro atoms. The fourth-order valence-corrected chi connectivity index (χ4v) is 5.55. The van der Waals surface area contributed by atoms with Crippen molar-refractivity contribution >= 4 is 0 Å². The van der Waals surface area contributed by atoms with Gasteiger partial charge in [-0.3, -0.25) is 9.80 Å². The maximum Gasteiger partial charge on any atom is 0.119 e. The van der Waals surface area contributed by atoms with Crippen LogP contribution in [0.2, 0.25) is 0 Å². The average Bonchev–Trinajstić information content (AvgIpc) is 2.64. The zero-order valence-corrected chi connectivity index (χ0v) is 15.4. The number of hydrogen-bond donors (Lipinski definition) is 1. The van der Waals surface area contributed by atoms with Crippen molar-refractivity contribution in [2.45, 2.75) is 39.0 Å². The molecule has 4 heteroatoms. The first-order chi connectivity index (χ1) is 12.1. The molecule has 4 heterocycles. The number of piperidine rings is 2. The largest absolute Gasteiger partial charge is 0.490 e. The molecule has 4 saturated heterocycles. The van der Waals surface area contributed by atoms with E-state index in [9.17, 15) is 5.11 Å². The molecule has 25 heavy (non-hydrogen) atoms. The summed E-state index contributed by atoms with van der Waals surface area (Å²) < 4.78 is 5.62. The summed E-state index contributed by atoms with van der Waals surface area (Å²) >= 11 is 0. The first-order valence-corrected chi connectivity index (χ1v) is 9.57. The number of hydrogen-bond acceptors (Lipinski definition) is 4. The minimum Gasteiger partial charge on any atom is -0.490 e. The second kappa shape index (κ2) is 6.11. The summed E-state index contributed by atoms with van der Waals surface area (Å²) in [5.41, 5.74) is 1.41. The fourth-order valence-electron chi connectivity index (χ4n) is 5.55. The van der Waals surface area contributed by atoms with E-state index in [-0.39, 0.29) is 16.9 Å². The van der Waals surface area contributed by atoms with E-state index in [4.69, 9.17) is 4.74 Å². The van der Waals surface area contributed by atoms with Crippen LogP contribution in [-0.2, 0) is 0 Å². The first kappa shape index (κ1) is 17.1.